The summed E-state index contributed by atoms with van der Waals surface area (Å²) in [5.74, 6) is 0.939. The molecule has 23 heavy (non-hydrogen) atoms. The van der Waals surface area contributed by atoms with Crippen LogP contribution in [0.25, 0.3) is 0 Å². The van der Waals surface area contributed by atoms with Crippen LogP contribution in [0, 0.1) is 0 Å². The van der Waals surface area contributed by atoms with Gasteiger partial charge in [-0.3, -0.25) is 0 Å². The van der Waals surface area contributed by atoms with Crippen molar-refractivity contribution in [3.8, 4) is 11.5 Å². The fraction of sp³-hybridized carbons (Fsp3) is 0.625. The zero-order valence-electron chi connectivity index (χ0n) is 13.4. The van der Waals surface area contributed by atoms with Gasteiger partial charge >= 0.3 is 0 Å². The summed E-state index contributed by atoms with van der Waals surface area (Å²) < 4.78 is 39.4. The van der Waals surface area contributed by atoms with Crippen molar-refractivity contribution in [3.63, 3.8) is 0 Å². The van der Waals surface area contributed by atoms with E-state index in [1.165, 1.54) is 14.2 Å². The number of benzene rings is 1. The van der Waals surface area contributed by atoms with Crippen LogP contribution in [0.3, 0.4) is 0 Å². The summed E-state index contributed by atoms with van der Waals surface area (Å²) in [6.07, 6.45) is 6.05. The Labute approximate surface area is 146 Å². The van der Waals surface area contributed by atoms with Gasteiger partial charge in [-0.15, -0.1) is 0 Å². The highest BCUT2D eigenvalue weighted by Gasteiger charge is 2.44. The number of sulfonamides is 1. The number of halogens is 1. The second kappa shape index (κ2) is 6.61. The average molecular weight is 404 g/mol. The van der Waals surface area contributed by atoms with E-state index in [0.29, 0.717) is 16.0 Å². The first-order valence-electron chi connectivity index (χ1n) is 7.94. The lowest BCUT2D eigenvalue weighted by atomic mass is 10.2. The molecule has 2 aliphatic rings. The zero-order valence-corrected chi connectivity index (χ0v) is 15.8. The van der Waals surface area contributed by atoms with Crippen LogP contribution in [0.5, 0.6) is 11.5 Å². The molecule has 2 fully saturated rings. The minimum absolute atomic E-state index is 0.132. The van der Waals surface area contributed by atoms with Gasteiger partial charge in [0, 0.05) is 22.6 Å². The highest BCUT2D eigenvalue weighted by molar-refractivity contribution is 9.10. The normalized spacial score (nSPS) is 19.3. The quantitative estimate of drug-likeness (QED) is 0.728. The summed E-state index contributed by atoms with van der Waals surface area (Å²) in [6.45, 7) is 0. The monoisotopic (exact) mass is 403 g/mol. The van der Waals surface area contributed by atoms with Gasteiger partial charge in [0.25, 0.3) is 0 Å². The molecule has 1 aromatic rings. The van der Waals surface area contributed by atoms with Crippen molar-refractivity contribution in [1.29, 1.82) is 0 Å². The fourth-order valence-corrected chi connectivity index (χ4v) is 6.26. The van der Waals surface area contributed by atoms with Crippen molar-refractivity contribution in [1.82, 2.24) is 4.31 Å². The lowest BCUT2D eigenvalue weighted by Crippen LogP contribution is -2.40. The molecule has 0 aromatic heterocycles. The predicted molar refractivity (Wildman–Crippen MR) is 91.5 cm³/mol. The van der Waals surface area contributed by atoms with Gasteiger partial charge < -0.3 is 9.47 Å². The van der Waals surface area contributed by atoms with E-state index in [1.807, 2.05) is 0 Å². The highest BCUT2D eigenvalue weighted by atomic mass is 79.9. The molecule has 2 aliphatic carbocycles. The van der Waals surface area contributed by atoms with Crippen LogP contribution in [-0.4, -0.2) is 39.0 Å². The number of methoxy groups -OCH3 is 2. The molecule has 0 unspecified atom stereocenters. The average Bonchev–Trinajstić information content (AvgIpc) is 3.20. The van der Waals surface area contributed by atoms with E-state index in [9.17, 15) is 8.42 Å². The highest BCUT2D eigenvalue weighted by Crippen LogP contribution is 2.42. The van der Waals surface area contributed by atoms with E-state index in [1.54, 1.807) is 16.4 Å². The predicted octanol–water partition coefficient (Wildman–Crippen LogP) is 3.56. The molecular weight excluding hydrogens is 382 g/mol. The fourth-order valence-electron chi connectivity index (χ4n) is 3.33. The Morgan fingerprint density at radius 3 is 2.04 bits per heavy atom. The number of nitrogens with zero attached hydrogens (tertiary/aromatic N) is 1. The number of rotatable bonds is 6. The molecule has 3 rings (SSSR count). The first-order valence-corrected chi connectivity index (χ1v) is 10.2. The molecule has 0 spiro atoms. The molecule has 0 atom stereocenters. The Balaban J connectivity index is 2.04. The maximum absolute atomic E-state index is 13.3. The molecule has 128 valence electrons. The van der Waals surface area contributed by atoms with Gasteiger partial charge in [0.05, 0.1) is 14.2 Å². The van der Waals surface area contributed by atoms with Crippen LogP contribution in [-0.2, 0) is 10.0 Å². The molecule has 0 heterocycles. The Hall–Kier alpha value is -0.790. The van der Waals surface area contributed by atoms with Crippen LogP contribution in [0.1, 0.15) is 38.5 Å². The first kappa shape index (κ1) is 17.0. The van der Waals surface area contributed by atoms with Gasteiger partial charge in [-0.05, 0) is 47.7 Å². The molecule has 0 radical (unpaired) electrons. The summed E-state index contributed by atoms with van der Waals surface area (Å²) in [5, 5.41) is 0. The minimum atomic E-state index is -3.56. The summed E-state index contributed by atoms with van der Waals surface area (Å²) in [4.78, 5) is 0.258. The topological polar surface area (TPSA) is 55.8 Å². The van der Waals surface area contributed by atoms with E-state index in [-0.39, 0.29) is 17.0 Å². The standard InChI is InChI=1S/C16H22BrNO4S/c1-21-14-9-13(17)16(10-15(14)22-2)23(19,20)18(12-7-8-12)11-5-3-4-6-11/h9-12H,3-8H2,1-2H3. The van der Waals surface area contributed by atoms with Gasteiger partial charge in [-0.2, -0.15) is 4.31 Å². The molecule has 0 N–H and O–H groups in total. The van der Waals surface area contributed by atoms with Crippen molar-refractivity contribution in [2.75, 3.05) is 14.2 Å². The molecule has 1 aromatic carbocycles. The molecule has 5 nitrogen and oxygen atoms in total. The molecule has 0 aliphatic heterocycles. The largest absolute Gasteiger partial charge is 0.493 e. The maximum atomic E-state index is 13.3. The number of hydrogen-bond donors (Lipinski definition) is 0. The van der Waals surface area contributed by atoms with Crippen molar-refractivity contribution in [3.05, 3.63) is 16.6 Å². The maximum Gasteiger partial charge on any atom is 0.244 e. The van der Waals surface area contributed by atoms with Crippen molar-refractivity contribution in [2.45, 2.75) is 55.5 Å². The Morgan fingerprint density at radius 1 is 1.00 bits per heavy atom. The summed E-state index contributed by atoms with van der Waals surface area (Å²) in [6, 6.07) is 3.50. The first-order chi connectivity index (χ1) is 11.0. The van der Waals surface area contributed by atoms with E-state index in [4.69, 9.17) is 9.47 Å². The molecular formula is C16H22BrNO4S. The summed E-state index contributed by atoms with van der Waals surface area (Å²) in [5.41, 5.74) is 0. The van der Waals surface area contributed by atoms with Gasteiger partial charge in [-0.1, -0.05) is 12.8 Å². The number of ether oxygens (including phenoxy) is 2. The minimum Gasteiger partial charge on any atom is -0.493 e. The summed E-state index contributed by atoms with van der Waals surface area (Å²) >= 11 is 3.39. The smallest absolute Gasteiger partial charge is 0.244 e. The van der Waals surface area contributed by atoms with Gasteiger partial charge in [0.2, 0.25) is 10.0 Å². The van der Waals surface area contributed by atoms with E-state index < -0.39 is 10.0 Å². The van der Waals surface area contributed by atoms with Crippen LogP contribution < -0.4 is 9.47 Å². The van der Waals surface area contributed by atoms with Gasteiger partial charge in [0.1, 0.15) is 4.90 Å². The molecule has 7 heteroatoms. The summed E-state index contributed by atoms with van der Waals surface area (Å²) in [7, 11) is -0.512. The van der Waals surface area contributed by atoms with Crippen LogP contribution in [0.4, 0.5) is 0 Å². The Morgan fingerprint density at radius 2 is 1.52 bits per heavy atom. The Bertz CT molecular complexity index is 682. The third kappa shape index (κ3) is 3.23. The van der Waals surface area contributed by atoms with Crippen LogP contribution >= 0.6 is 15.9 Å². The van der Waals surface area contributed by atoms with E-state index >= 15 is 0 Å². The van der Waals surface area contributed by atoms with Crippen molar-refractivity contribution < 1.29 is 17.9 Å². The van der Waals surface area contributed by atoms with E-state index in [2.05, 4.69) is 15.9 Å². The second-order valence-electron chi connectivity index (χ2n) is 6.14. The molecule has 0 amide bonds. The number of hydrogen-bond acceptors (Lipinski definition) is 4. The third-order valence-corrected chi connectivity index (χ3v) is 7.55. The Kier molecular flexibility index (Phi) is 4.90. The SMILES string of the molecule is COc1cc(Br)c(S(=O)(=O)N(C2CCCC2)C2CC2)cc1OC. The van der Waals surface area contributed by atoms with Gasteiger partial charge in [0.15, 0.2) is 11.5 Å². The molecule has 2 saturated carbocycles. The lowest BCUT2D eigenvalue weighted by Gasteiger charge is -2.28. The molecule has 0 bridgehead atoms. The lowest BCUT2D eigenvalue weighted by molar-refractivity contribution is 0.313. The van der Waals surface area contributed by atoms with Crippen LogP contribution in [0.15, 0.2) is 21.5 Å². The third-order valence-electron chi connectivity index (χ3n) is 4.58. The van der Waals surface area contributed by atoms with Crippen molar-refractivity contribution in [2.24, 2.45) is 0 Å². The molecule has 0 saturated heterocycles. The van der Waals surface area contributed by atoms with Gasteiger partial charge in [-0.25, -0.2) is 8.42 Å². The van der Waals surface area contributed by atoms with E-state index in [0.717, 1.165) is 38.5 Å². The second-order valence-corrected chi connectivity index (χ2v) is 8.81. The van der Waals surface area contributed by atoms with Crippen LogP contribution in [0.2, 0.25) is 0 Å². The zero-order chi connectivity index (χ0) is 16.6. The van der Waals surface area contributed by atoms with Crippen molar-refractivity contribution >= 4 is 26.0 Å².